The van der Waals surface area contributed by atoms with Crippen molar-refractivity contribution >= 4 is 41.0 Å². The van der Waals surface area contributed by atoms with E-state index in [9.17, 15) is 9.59 Å². The zero-order valence-electron chi connectivity index (χ0n) is 28.1. The molecule has 1 aromatic carbocycles. The Kier molecular flexibility index (Phi) is 11.0. The molecule has 2 fully saturated rings. The van der Waals surface area contributed by atoms with E-state index in [0.29, 0.717) is 24.2 Å². The van der Waals surface area contributed by atoms with Crippen LogP contribution in [-0.4, -0.2) is 66.0 Å². The van der Waals surface area contributed by atoms with Crippen LogP contribution in [0.3, 0.4) is 0 Å². The van der Waals surface area contributed by atoms with E-state index in [0.717, 1.165) is 115 Å². The molecule has 3 aromatic rings. The van der Waals surface area contributed by atoms with Gasteiger partial charge in [-0.2, -0.15) is 0 Å². The molecule has 9 nitrogen and oxygen atoms in total. The number of aliphatic imine (C=N–C) groups is 1. The lowest BCUT2D eigenvalue weighted by atomic mass is 10.1. The number of amides is 1. The number of hydrogen-bond acceptors (Lipinski definition) is 9. The second-order valence-electron chi connectivity index (χ2n) is 13.5. The van der Waals surface area contributed by atoms with Gasteiger partial charge in [0.2, 0.25) is 6.41 Å². The number of rotatable bonds is 16. The van der Waals surface area contributed by atoms with Gasteiger partial charge in [-0.3, -0.25) is 9.59 Å². The van der Waals surface area contributed by atoms with Gasteiger partial charge in [-0.05, 0) is 76.3 Å². The fraction of sp³-hybridized carbons (Fsp3) is 0.583. The van der Waals surface area contributed by atoms with Crippen LogP contribution in [0.2, 0.25) is 0 Å². The number of pyridine rings is 1. The summed E-state index contributed by atoms with van der Waals surface area (Å²) < 4.78 is 17.9. The van der Waals surface area contributed by atoms with Crippen molar-refractivity contribution in [3.8, 4) is 22.2 Å². The summed E-state index contributed by atoms with van der Waals surface area (Å²) in [4.78, 5) is 38.9. The summed E-state index contributed by atoms with van der Waals surface area (Å²) >= 11 is 1.60. The van der Waals surface area contributed by atoms with E-state index >= 15 is 0 Å². The van der Waals surface area contributed by atoms with Gasteiger partial charge in [0, 0.05) is 41.9 Å². The summed E-state index contributed by atoms with van der Waals surface area (Å²) in [6, 6.07) is 5.99. The van der Waals surface area contributed by atoms with Crippen molar-refractivity contribution in [3.05, 3.63) is 34.8 Å². The van der Waals surface area contributed by atoms with E-state index in [1.54, 1.807) is 23.3 Å². The van der Waals surface area contributed by atoms with E-state index < -0.39 is 0 Å². The summed E-state index contributed by atoms with van der Waals surface area (Å²) in [6.07, 6.45) is 9.85. The molecule has 4 atom stereocenters. The molecule has 2 aromatic heterocycles. The molecule has 1 amide bonds. The molecule has 46 heavy (non-hydrogen) atoms. The van der Waals surface area contributed by atoms with Gasteiger partial charge < -0.3 is 19.1 Å². The highest BCUT2D eigenvalue weighted by molar-refractivity contribution is 7.13. The molecule has 0 N–H and O–H groups in total. The quantitative estimate of drug-likeness (QED) is 0.0678. The minimum atomic E-state index is -0.176. The van der Waals surface area contributed by atoms with Crippen molar-refractivity contribution in [2.75, 3.05) is 20.7 Å². The third-order valence-electron chi connectivity index (χ3n) is 9.63. The second kappa shape index (κ2) is 14.9. The molecule has 2 aliphatic carbocycles. The molecule has 0 spiro atoms. The van der Waals surface area contributed by atoms with E-state index in [-0.39, 0.29) is 17.6 Å². The second-order valence-corrected chi connectivity index (χ2v) is 14.3. The number of fused-ring (bicyclic) bond motifs is 1. The molecular weight excluding hydrogens is 600 g/mol. The molecule has 2 unspecified atom stereocenters. The third-order valence-corrected chi connectivity index (χ3v) is 10.5. The number of aromatic nitrogens is 2. The Bertz CT molecular complexity index is 1550. The molecule has 0 bridgehead atoms. The smallest absolute Gasteiger partial charge is 0.299 e. The van der Waals surface area contributed by atoms with Gasteiger partial charge in [-0.15, -0.1) is 11.3 Å². The van der Waals surface area contributed by atoms with Crippen LogP contribution in [0.5, 0.6) is 11.5 Å². The lowest BCUT2D eigenvalue weighted by molar-refractivity contribution is -0.122. The SMILES string of the molecule is COc1ccc2c(O[C@H]3CCC(C(=NC4(C)C[C@H]4CCCCCCN(C)C=O)OC=O)C3)cc(-c3nc(C(C)C)cs3)nc2c1C. The average molecular weight is 649 g/mol. The highest BCUT2D eigenvalue weighted by atomic mass is 32.1. The number of ether oxygens (including phenoxy) is 3. The Hall–Kier alpha value is -3.53. The molecular formula is C36H48N4O5S. The first-order chi connectivity index (χ1) is 22.1. The van der Waals surface area contributed by atoms with Crippen molar-refractivity contribution in [3.63, 3.8) is 0 Å². The average Bonchev–Trinajstić information content (AvgIpc) is 3.40. The summed E-state index contributed by atoms with van der Waals surface area (Å²) in [5.74, 6) is 2.99. The van der Waals surface area contributed by atoms with Gasteiger partial charge in [0.05, 0.1) is 30.0 Å². The number of carbonyl (C=O) groups excluding carboxylic acids is 2. The van der Waals surface area contributed by atoms with Crippen molar-refractivity contribution in [2.45, 2.75) is 103 Å². The minimum absolute atomic E-state index is 0.0325. The first-order valence-corrected chi connectivity index (χ1v) is 17.5. The Morgan fingerprint density at radius 1 is 1.15 bits per heavy atom. The van der Waals surface area contributed by atoms with E-state index in [1.165, 1.54) is 0 Å². The Morgan fingerprint density at radius 2 is 1.96 bits per heavy atom. The van der Waals surface area contributed by atoms with Crippen LogP contribution in [0.4, 0.5) is 0 Å². The first kappa shape index (κ1) is 33.8. The Balaban J connectivity index is 1.27. The number of hydrogen-bond donors (Lipinski definition) is 0. The van der Waals surface area contributed by atoms with E-state index in [4.69, 9.17) is 29.2 Å². The number of benzene rings is 1. The first-order valence-electron chi connectivity index (χ1n) is 16.6. The molecule has 2 heterocycles. The summed E-state index contributed by atoms with van der Waals surface area (Å²) in [5, 5.41) is 3.91. The normalized spacial score (nSPS) is 22.7. The number of nitrogens with zero attached hydrogens (tertiary/aromatic N) is 4. The van der Waals surface area contributed by atoms with Crippen molar-refractivity contribution in [1.29, 1.82) is 0 Å². The van der Waals surface area contributed by atoms with Crippen LogP contribution < -0.4 is 9.47 Å². The zero-order valence-corrected chi connectivity index (χ0v) is 28.9. The molecule has 2 saturated carbocycles. The van der Waals surface area contributed by atoms with Crippen molar-refractivity contribution < 1.29 is 23.8 Å². The minimum Gasteiger partial charge on any atom is -0.496 e. The fourth-order valence-corrected chi connectivity index (χ4v) is 7.53. The van der Waals surface area contributed by atoms with Crippen LogP contribution >= 0.6 is 11.3 Å². The standard InChI is InChI=1S/C36H48N4O5S/c1-23(2)30-20-46-35(38-30)29-18-32(28-14-15-31(43-6)24(3)33(28)37-29)45-27-13-12-25(17-27)34(44-22-42)39-36(4)19-26(36)11-9-7-8-10-16-40(5)21-41/h14-15,18,20-23,25-27H,7-13,16-17,19H2,1-6H3/t25?,26-,27+,36?/m1/s1. The Labute approximate surface area is 276 Å². The van der Waals surface area contributed by atoms with Crippen LogP contribution in [-0.2, 0) is 14.3 Å². The highest BCUT2D eigenvalue weighted by Gasteiger charge is 2.50. The maximum Gasteiger partial charge on any atom is 0.299 e. The molecule has 248 valence electrons. The highest BCUT2D eigenvalue weighted by Crippen LogP contribution is 2.50. The largest absolute Gasteiger partial charge is 0.496 e. The van der Waals surface area contributed by atoms with Crippen LogP contribution in [0.25, 0.3) is 21.6 Å². The fourth-order valence-electron chi connectivity index (χ4n) is 6.59. The summed E-state index contributed by atoms with van der Waals surface area (Å²) in [7, 11) is 3.49. The zero-order chi connectivity index (χ0) is 32.8. The number of carbonyl (C=O) groups is 2. The predicted octanol–water partition coefficient (Wildman–Crippen LogP) is 7.74. The van der Waals surface area contributed by atoms with Crippen LogP contribution in [0.15, 0.2) is 28.6 Å². The van der Waals surface area contributed by atoms with Gasteiger partial charge in [-0.25, -0.2) is 15.0 Å². The third kappa shape index (κ3) is 7.88. The summed E-state index contributed by atoms with van der Waals surface area (Å²) in [6.45, 7) is 9.81. The maximum absolute atomic E-state index is 11.5. The molecule has 5 rings (SSSR count). The van der Waals surface area contributed by atoms with Gasteiger partial charge in [-0.1, -0.05) is 33.1 Å². The van der Waals surface area contributed by atoms with Gasteiger partial charge in [0.25, 0.3) is 6.47 Å². The molecule has 0 aliphatic heterocycles. The number of aryl methyl sites for hydroxylation is 1. The predicted molar refractivity (Wildman–Crippen MR) is 183 cm³/mol. The molecule has 0 saturated heterocycles. The van der Waals surface area contributed by atoms with Crippen molar-refractivity contribution in [1.82, 2.24) is 14.9 Å². The monoisotopic (exact) mass is 648 g/mol. The molecule has 2 aliphatic rings. The van der Waals surface area contributed by atoms with Crippen LogP contribution in [0, 0.1) is 18.8 Å². The summed E-state index contributed by atoms with van der Waals surface area (Å²) in [5.41, 5.74) is 3.47. The van der Waals surface area contributed by atoms with E-state index in [2.05, 4.69) is 26.2 Å². The van der Waals surface area contributed by atoms with Crippen molar-refractivity contribution in [2.24, 2.45) is 16.8 Å². The van der Waals surface area contributed by atoms with Crippen LogP contribution in [0.1, 0.15) is 95.7 Å². The number of unbranched alkanes of at least 4 members (excludes halogenated alkanes) is 3. The van der Waals surface area contributed by atoms with Gasteiger partial charge in [0.1, 0.15) is 22.2 Å². The lowest BCUT2D eigenvalue weighted by Gasteiger charge is -2.18. The number of thiazole rings is 1. The van der Waals surface area contributed by atoms with Gasteiger partial charge in [0.15, 0.2) is 5.90 Å². The lowest BCUT2D eigenvalue weighted by Crippen LogP contribution is -2.21. The Morgan fingerprint density at radius 3 is 2.67 bits per heavy atom. The number of methoxy groups -OCH3 is 1. The molecule has 0 radical (unpaired) electrons. The maximum atomic E-state index is 11.5. The van der Waals surface area contributed by atoms with Gasteiger partial charge >= 0.3 is 0 Å². The topological polar surface area (TPSA) is 103 Å². The molecule has 10 heteroatoms. The van der Waals surface area contributed by atoms with E-state index in [1.807, 2.05) is 32.2 Å².